The highest BCUT2D eigenvalue weighted by atomic mass is 35.5. The number of hydrogen-bond donors (Lipinski definition) is 1. The average molecular weight is 401 g/mol. The minimum absolute atomic E-state index is 0.0458. The summed E-state index contributed by atoms with van der Waals surface area (Å²) in [7, 11) is 0. The molecule has 0 saturated carbocycles. The Bertz CT molecular complexity index is 760. The highest BCUT2D eigenvalue weighted by Crippen LogP contribution is 2.17. The van der Waals surface area contributed by atoms with Crippen LogP contribution in [0.5, 0.6) is 0 Å². The number of hydrogen-bond acceptors (Lipinski definition) is 2. The third-order valence-electron chi connectivity index (χ3n) is 4.52. The number of carbonyl (C=O) groups is 2. The number of halogens is 1. The van der Waals surface area contributed by atoms with E-state index >= 15 is 0 Å². The molecule has 28 heavy (non-hydrogen) atoms. The predicted octanol–water partition coefficient (Wildman–Crippen LogP) is 4.46. The van der Waals surface area contributed by atoms with Gasteiger partial charge in [0, 0.05) is 31.0 Å². The lowest BCUT2D eigenvalue weighted by molar-refractivity contribution is -0.141. The van der Waals surface area contributed by atoms with Crippen LogP contribution >= 0.6 is 11.6 Å². The Balaban J connectivity index is 2.31. The summed E-state index contributed by atoms with van der Waals surface area (Å²) in [5, 5.41) is 3.65. The van der Waals surface area contributed by atoms with Gasteiger partial charge in [-0.25, -0.2) is 0 Å². The summed E-state index contributed by atoms with van der Waals surface area (Å²) < 4.78 is 0. The third-order valence-corrected chi connectivity index (χ3v) is 4.78. The van der Waals surface area contributed by atoms with Gasteiger partial charge in [0.25, 0.3) is 0 Å². The summed E-state index contributed by atoms with van der Waals surface area (Å²) in [5.41, 5.74) is 1.97. The van der Waals surface area contributed by atoms with Gasteiger partial charge in [0.15, 0.2) is 0 Å². The molecule has 0 aliphatic carbocycles. The largest absolute Gasteiger partial charge is 0.354 e. The first-order valence-electron chi connectivity index (χ1n) is 9.76. The smallest absolute Gasteiger partial charge is 0.243 e. The molecule has 0 spiro atoms. The zero-order valence-electron chi connectivity index (χ0n) is 16.8. The standard InChI is InChI=1S/C23H29ClN2O2/c1-4-22(27)26(16-19-10-12-20(24)13-11-19)21(23(28)25-15-17(2)3)14-18-8-6-5-7-9-18/h5-13,17,21H,4,14-16H2,1-3H3,(H,25,28). The maximum Gasteiger partial charge on any atom is 0.243 e. The van der Waals surface area contributed by atoms with Gasteiger partial charge in [-0.15, -0.1) is 0 Å². The van der Waals surface area contributed by atoms with E-state index in [9.17, 15) is 9.59 Å². The summed E-state index contributed by atoms with van der Waals surface area (Å²) in [6, 6.07) is 16.6. The van der Waals surface area contributed by atoms with Crippen molar-refractivity contribution in [3.8, 4) is 0 Å². The maximum atomic E-state index is 13.0. The summed E-state index contributed by atoms with van der Waals surface area (Å²) in [6.45, 7) is 6.88. The van der Waals surface area contributed by atoms with Crippen molar-refractivity contribution in [1.82, 2.24) is 10.2 Å². The fourth-order valence-corrected chi connectivity index (χ4v) is 3.09. The molecule has 0 fully saturated rings. The normalized spacial score (nSPS) is 11.9. The molecular formula is C23H29ClN2O2. The Morgan fingerprint density at radius 1 is 1.00 bits per heavy atom. The van der Waals surface area contributed by atoms with Crippen molar-refractivity contribution in [2.24, 2.45) is 5.92 Å². The van der Waals surface area contributed by atoms with Gasteiger partial charge >= 0.3 is 0 Å². The molecular weight excluding hydrogens is 372 g/mol. The van der Waals surface area contributed by atoms with E-state index in [1.165, 1.54) is 0 Å². The van der Waals surface area contributed by atoms with E-state index in [-0.39, 0.29) is 11.8 Å². The highest BCUT2D eigenvalue weighted by Gasteiger charge is 2.29. The highest BCUT2D eigenvalue weighted by molar-refractivity contribution is 6.30. The maximum absolute atomic E-state index is 13.0. The van der Waals surface area contributed by atoms with Crippen LogP contribution in [0.4, 0.5) is 0 Å². The fraction of sp³-hybridized carbons (Fsp3) is 0.391. The van der Waals surface area contributed by atoms with Crippen molar-refractivity contribution in [3.05, 3.63) is 70.7 Å². The van der Waals surface area contributed by atoms with Crippen LogP contribution in [0.2, 0.25) is 5.02 Å². The molecule has 0 heterocycles. The second-order valence-corrected chi connectivity index (χ2v) is 7.78. The van der Waals surface area contributed by atoms with Crippen LogP contribution in [0, 0.1) is 5.92 Å². The van der Waals surface area contributed by atoms with Crippen LogP contribution in [0.3, 0.4) is 0 Å². The van der Waals surface area contributed by atoms with Crippen LogP contribution < -0.4 is 5.32 Å². The molecule has 0 saturated heterocycles. The van der Waals surface area contributed by atoms with E-state index < -0.39 is 6.04 Å². The first-order chi connectivity index (χ1) is 13.4. The van der Waals surface area contributed by atoms with Crippen LogP contribution in [-0.2, 0) is 22.6 Å². The second kappa shape index (κ2) is 10.9. The second-order valence-electron chi connectivity index (χ2n) is 7.35. The van der Waals surface area contributed by atoms with E-state index in [0.717, 1.165) is 11.1 Å². The molecule has 2 amide bonds. The van der Waals surface area contributed by atoms with Crippen LogP contribution in [0.25, 0.3) is 0 Å². The molecule has 2 aromatic carbocycles. The molecule has 0 aromatic heterocycles. The Hall–Kier alpha value is -2.33. The molecule has 0 aliphatic rings. The quantitative estimate of drug-likeness (QED) is 0.675. The van der Waals surface area contributed by atoms with E-state index in [1.54, 1.807) is 17.0 Å². The van der Waals surface area contributed by atoms with Crippen molar-refractivity contribution >= 4 is 23.4 Å². The Morgan fingerprint density at radius 3 is 2.21 bits per heavy atom. The zero-order chi connectivity index (χ0) is 20.5. The van der Waals surface area contributed by atoms with E-state index in [2.05, 4.69) is 19.2 Å². The SMILES string of the molecule is CCC(=O)N(Cc1ccc(Cl)cc1)C(Cc1ccccc1)C(=O)NCC(C)C. The van der Waals surface area contributed by atoms with Gasteiger partial charge in [0.05, 0.1) is 0 Å². The van der Waals surface area contributed by atoms with Crippen molar-refractivity contribution in [2.75, 3.05) is 6.54 Å². The molecule has 0 radical (unpaired) electrons. The number of rotatable bonds is 9. The summed E-state index contributed by atoms with van der Waals surface area (Å²) in [4.78, 5) is 27.5. The van der Waals surface area contributed by atoms with Gasteiger partial charge < -0.3 is 10.2 Å². The van der Waals surface area contributed by atoms with Gasteiger partial charge in [-0.3, -0.25) is 9.59 Å². The van der Waals surface area contributed by atoms with Crippen LogP contribution in [0.1, 0.15) is 38.3 Å². The van der Waals surface area contributed by atoms with Gasteiger partial charge in [0.1, 0.15) is 6.04 Å². The molecule has 150 valence electrons. The minimum atomic E-state index is -0.565. The molecule has 1 N–H and O–H groups in total. The number of nitrogens with zero attached hydrogens (tertiary/aromatic N) is 1. The van der Waals surface area contributed by atoms with Crippen LogP contribution in [0.15, 0.2) is 54.6 Å². The van der Waals surface area contributed by atoms with Crippen LogP contribution in [-0.4, -0.2) is 29.3 Å². The average Bonchev–Trinajstić information content (AvgIpc) is 2.70. The van der Waals surface area contributed by atoms with Crippen molar-refractivity contribution in [2.45, 2.75) is 46.2 Å². The van der Waals surface area contributed by atoms with Gasteiger partial charge in [-0.1, -0.05) is 74.8 Å². The lowest BCUT2D eigenvalue weighted by atomic mass is 10.0. The number of nitrogens with one attached hydrogen (secondary N) is 1. The zero-order valence-corrected chi connectivity index (χ0v) is 17.6. The molecule has 5 heteroatoms. The molecule has 0 aliphatic heterocycles. The molecule has 0 bridgehead atoms. The summed E-state index contributed by atoms with van der Waals surface area (Å²) in [6.07, 6.45) is 0.820. The predicted molar refractivity (Wildman–Crippen MR) is 114 cm³/mol. The molecule has 1 atom stereocenters. The topological polar surface area (TPSA) is 49.4 Å². The number of benzene rings is 2. The Labute approximate surface area is 172 Å². The lowest BCUT2D eigenvalue weighted by Crippen LogP contribution is -2.50. The fourth-order valence-electron chi connectivity index (χ4n) is 2.97. The third kappa shape index (κ3) is 6.68. The number of amides is 2. The Kier molecular flexibility index (Phi) is 8.52. The molecule has 2 aromatic rings. The van der Waals surface area contributed by atoms with Gasteiger partial charge in [0.2, 0.25) is 11.8 Å². The first-order valence-corrected chi connectivity index (χ1v) is 10.1. The first kappa shape index (κ1) is 22.0. The van der Waals surface area contributed by atoms with Crippen molar-refractivity contribution < 1.29 is 9.59 Å². The van der Waals surface area contributed by atoms with Gasteiger partial charge in [-0.2, -0.15) is 0 Å². The number of carbonyl (C=O) groups excluding carboxylic acids is 2. The van der Waals surface area contributed by atoms with Crippen molar-refractivity contribution in [3.63, 3.8) is 0 Å². The molecule has 4 nitrogen and oxygen atoms in total. The van der Waals surface area contributed by atoms with Crippen molar-refractivity contribution in [1.29, 1.82) is 0 Å². The van der Waals surface area contributed by atoms with E-state index in [4.69, 9.17) is 11.6 Å². The summed E-state index contributed by atoms with van der Waals surface area (Å²) in [5.74, 6) is 0.178. The van der Waals surface area contributed by atoms with E-state index in [1.807, 2.05) is 49.4 Å². The minimum Gasteiger partial charge on any atom is -0.354 e. The monoisotopic (exact) mass is 400 g/mol. The summed E-state index contributed by atoms with van der Waals surface area (Å²) >= 11 is 5.98. The van der Waals surface area contributed by atoms with E-state index in [0.29, 0.717) is 36.9 Å². The van der Waals surface area contributed by atoms with Gasteiger partial charge in [-0.05, 0) is 29.2 Å². The molecule has 1 unspecified atom stereocenters. The Morgan fingerprint density at radius 2 is 1.64 bits per heavy atom. The molecule has 2 rings (SSSR count). The lowest BCUT2D eigenvalue weighted by Gasteiger charge is -2.31.